The first kappa shape index (κ1) is 23.3. The zero-order valence-electron chi connectivity index (χ0n) is 17.4. The number of alkyl halides is 1. The van der Waals surface area contributed by atoms with Crippen LogP contribution in [0.15, 0.2) is 12.1 Å². The third kappa shape index (κ3) is 3.49. The van der Waals surface area contributed by atoms with Crippen molar-refractivity contribution in [2.24, 2.45) is 5.92 Å². The number of nitrogens with one attached hydrogen (secondary N) is 1. The molecular formula is C21H26Cl2FNO5. The van der Waals surface area contributed by atoms with Crippen LogP contribution in [0.2, 0.25) is 5.02 Å². The lowest BCUT2D eigenvalue weighted by Gasteiger charge is -2.50. The van der Waals surface area contributed by atoms with E-state index < -0.39 is 40.1 Å². The summed E-state index contributed by atoms with van der Waals surface area (Å²) in [6.07, 6.45) is 0.198. The van der Waals surface area contributed by atoms with Crippen molar-refractivity contribution in [2.45, 2.75) is 63.2 Å². The quantitative estimate of drug-likeness (QED) is 0.378. The van der Waals surface area contributed by atoms with E-state index in [2.05, 4.69) is 5.32 Å². The Labute approximate surface area is 185 Å². The third-order valence-electron chi connectivity index (χ3n) is 5.63. The molecule has 6 nitrogen and oxygen atoms in total. The van der Waals surface area contributed by atoms with E-state index in [1.165, 1.54) is 6.07 Å². The van der Waals surface area contributed by atoms with Crippen molar-refractivity contribution in [2.75, 3.05) is 13.2 Å². The summed E-state index contributed by atoms with van der Waals surface area (Å²) in [6, 6.07) is 2.51. The molecule has 3 rings (SSSR count). The molecule has 1 heterocycles. The van der Waals surface area contributed by atoms with Gasteiger partial charge < -0.3 is 14.2 Å². The molecule has 1 saturated carbocycles. The summed E-state index contributed by atoms with van der Waals surface area (Å²) < 4.78 is 32.8. The lowest BCUT2D eigenvalue weighted by Crippen LogP contribution is -2.63. The largest absolute Gasteiger partial charge is 0.489 e. The van der Waals surface area contributed by atoms with Crippen LogP contribution in [0.4, 0.5) is 4.39 Å². The zero-order valence-corrected chi connectivity index (χ0v) is 18.9. The summed E-state index contributed by atoms with van der Waals surface area (Å²) >= 11 is 12.8. The Morgan fingerprint density at radius 2 is 1.87 bits per heavy atom. The third-order valence-corrected chi connectivity index (χ3v) is 6.45. The normalized spacial score (nSPS) is 27.9. The van der Waals surface area contributed by atoms with Gasteiger partial charge in [-0.1, -0.05) is 11.6 Å². The van der Waals surface area contributed by atoms with Gasteiger partial charge in [-0.15, -0.1) is 11.6 Å². The Bertz CT molecular complexity index is 843. The highest BCUT2D eigenvalue weighted by molar-refractivity contribution is 6.32. The van der Waals surface area contributed by atoms with Crippen LogP contribution in [0.3, 0.4) is 0 Å². The molecule has 1 aromatic rings. The summed E-state index contributed by atoms with van der Waals surface area (Å²) in [6.45, 7) is 7.49. The molecule has 166 valence electrons. The van der Waals surface area contributed by atoms with Crippen LogP contribution in [0.25, 0.3) is 0 Å². The first-order valence-electron chi connectivity index (χ1n) is 10.1. The fourth-order valence-corrected chi connectivity index (χ4v) is 5.20. The maximum atomic E-state index is 15.3. The van der Waals surface area contributed by atoms with Crippen molar-refractivity contribution in [3.05, 3.63) is 28.5 Å². The van der Waals surface area contributed by atoms with Gasteiger partial charge in [0.15, 0.2) is 5.79 Å². The van der Waals surface area contributed by atoms with E-state index >= 15 is 4.39 Å². The molecule has 0 radical (unpaired) electrons. The fraction of sp³-hybridized carbons (Fsp3) is 0.619. The minimum atomic E-state index is -1.58. The number of carbonyl (C=O) groups is 2. The molecule has 0 aromatic heterocycles. The van der Waals surface area contributed by atoms with E-state index in [0.29, 0.717) is 0 Å². The highest BCUT2D eigenvalue weighted by atomic mass is 35.5. The maximum absolute atomic E-state index is 15.3. The molecule has 9 heteroatoms. The predicted octanol–water partition coefficient (Wildman–Crippen LogP) is 3.95. The number of rotatable bonds is 7. The van der Waals surface area contributed by atoms with Crippen LogP contribution < -0.4 is 10.1 Å². The molecule has 0 spiro atoms. The Morgan fingerprint density at radius 3 is 2.43 bits per heavy atom. The number of hydrogen-bond donors (Lipinski definition) is 1. The van der Waals surface area contributed by atoms with E-state index in [1.54, 1.807) is 27.7 Å². The Kier molecular flexibility index (Phi) is 6.68. The average molecular weight is 462 g/mol. The highest BCUT2D eigenvalue weighted by Gasteiger charge is 2.70. The predicted molar refractivity (Wildman–Crippen MR) is 110 cm³/mol. The second kappa shape index (κ2) is 8.61. The van der Waals surface area contributed by atoms with Gasteiger partial charge in [-0.3, -0.25) is 14.9 Å². The second-order valence-corrected chi connectivity index (χ2v) is 8.68. The number of halogens is 3. The van der Waals surface area contributed by atoms with Crippen LogP contribution in [0, 0.1) is 11.7 Å². The Balaban J connectivity index is 2.26. The van der Waals surface area contributed by atoms with Crippen molar-refractivity contribution < 1.29 is 28.2 Å². The molecule has 3 atom stereocenters. The van der Waals surface area contributed by atoms with E-state index in [-0.39, 0.29) is 48.5 Å². The smallest absolute Gasteiger partial charge is 0.238 e. The summed E-state index contributed by atoms with van der Waals surface area (Å²) in [5.41, 5.74) is -1.54. The number of carbonyl (C=O) groups excluding carboxylic acids is 2. The molecule has 30 heavy (non-hydrogen) atoms. The molecule has 1 aliphatic carbocycles. The van der Waals surface area contributed by atoms with E-state index in [9.17, 15) is 9.59 Å². The maximum Gasteiger partial charge on any atom is 0.238 e. The Morgan fingerprint density at radius 1 is 1.23 bits per heavy atom. The van der Waals surface area contributed by atoms with Gasteiger partial charge in [-0.2, -0.15) is 0 Å². The zero-order chi connectivity index (χ0) is 22.3. The van der Waals surface area contributed by atoms with Crippen molar-refractivity contribution in [3.8, 4) is 5.75 Å². The van der Waals surface area contributed by atoms with Gasteiger partial charge in [0.25, 0.3) is 0 Å². The number of ether oxygens (including phenoxy) is 3. The molecule has 1 saturated heterocycles. The number of fused-ring (bicyclic) bond motifs is 1. The standard InChI is InChI=1S/C21H26Cl2FNO5/c1-5-28-21(29-6-2)16(23)7-8-20(17(21)18(26)25-19(20)27)12-9-15(30-11(3)4)13(22)10-14(12)24/h9-11,16-17H,5-8H2,1-4H3,(H,25,26,27). The number of amides is 2. The van der Waals surface area contributed by atoms with Crippen LogP contribution in [0.5, 0.6) is 5.75 Å². The number of benzene rings is 1. The van der Waals surface area contributed by atoms with E-state index in [1.807, 2.05) is 0 Å². The summed E-state index contributed by atoms with van der Waals surface area (Å²) in [7, 11) is 0. The average Bonchev–Trinajstić information content (AvgIpc) is 2.92. The molecule has 1 aromatic carbocycles. The van der Waals surface area contributed by atoms with Gasteiger partial charge in [-0.25, -0.2) is 4.39 Å². The topological polar surface area (TPSA) is 73.9 Å². The fourth-order valence-electron chi connectivity index (χ4n) is 4.64. The van der Waals surface area contributed by atoms with Gasteiger partial charge in [0.2, 0.25) is 11.8 Å². The summed E-state index contributed by atoms with van der Waals surface area (Å²) in [4.78, 5) is 26.2. The molecule has 3 unspecified atom stereocenters. The van der Waals surface area contributed by atoms with Crippen LogP contribution >= 0.6 is 23.2 Å². The molecule has 1 N–H and O–H groups in total. The van der Waals surface area contributed by atoms with E-state index in [0.717, 1.165) is 6.07 Å². The van der Waals surface area contributed by atoms with Crippen LogP contribution in [-0.4, -0.2) is 42.3 Å². The molecule has 2 amide bonds. The van der Waals surface area contributed by atoms with Crippen molar-refractivity contribution >= 4 is 35.0 Å². The SMILES string of the molecule is CCOC1(OCC)C(Cl)CCC2(c3cc(OC(C)C)c(Cl)cc3F)C(=O)NC(=O)C21. The van der Waals surface area contributed by atoms with Crippen molar-refractivity contribution in [1.82, 2.24) is 5.32 Å². The highest BCUT2D eigenvalue weighted by Crippen LogP contribution is 2.56. The monoisotopic (exact) mass is 461 g/mol. The first-order chi connectivity index (χ1) is 14.1. The lowest BCUT2D eigenvalue weighted by atomic mass is 9.60. The van der Waals surface area contributed by atoms with Gasteiger partial charge in [0.05, 0.1) is 21.9 Å². The summed E-state index contributed by atoms with van der Waals surface area (Å²) in [5.74, 6) is -4.44. The molecule has 2 aliphatic rings. The lowest BCUT2D eigenvalue weighted by molar-refractivity contribution is -0.276. The van der Waals surface area contributed by atoms with Crippen molar-refractivity contribution in [1.29, 1.82) is 0 Å². The second-order valence-electron chi connectivity index (χ2n) is 7.75. The van der Waals surface area contributed by atoms with Gasteiger partial charge in [0.1, 0.15) is 17.5 Å². The van der Waals surface area contributed by atoms with Gasteiger partial charge >= 0.3 is 0 Å². The van der Waals surface area contributed by atoms with Crippen molar-refractivity contribution in [3.63, 3.8) is 0 Å². The minimum Gasteiger partial charge on any atom is -0.489 e. The molecular weight excluding hydrogens is 436 g/mol. The van der Waals surface area contributed by atoms with Crippen LogP contribution in [0.1, 0.15) is 46.1 Å². The minimum absolute atomic E-state index is 0.0169. The van der Waals surface area contributed by atoms with Crippen LogP contribution in [-0.2, 0) is 24.5 Å². The van der Waals surface area contributed by atoms with Gasteiger partial charge in [-0.05, 0) is 52.7 Å². The first-order valence-corrected chi connectivity index (χ1v) is 10.9. The Hall–Kier alpha value is -1.41. The molecule has 2 fully saturated rings. The van der Waals surface area contributed by atoms with E-state index in [4.69, 9.17) is 37.4 Å². The van der Waals surface area contributed by atoms with Gasteiger partial charge in [0, 0.05) is 18.8 Å². The molecule has 0 bridgehead atoms. The molecule has 1 aliphatic heterocycles. The summed E-state index contributed by atoms with van der Waals surface area (Å²) in [5, 5.41) is 1.73. The number of hydrogen-bond acceptors (Lipinski definition) is 5. The number of imide groups is 1.